The molecule has 1 aromatic heterocycles. The van der Waals surface area contributed by atoms with E-state index in [1.54, 1.807) is 41.6 Å². The van der Waals surface area contributed by atoms with Crippen molar-refractivity contribution in [3.63, 3.8) is 0 Å². The summed E-state index contributed by atoms with van der Waals surface area (Å²) < 4.78 is 53.2. The van der Waals surface area contributed by atoms with Gasteiger partial charge in [-0.2, -0.15) is 4.31 Å². The maximum absolute atomic E-state index is 15.1. The van der Waals surface area contributed by atoms with Crippen LogP contribution in [0.5, 0.6) is 17.2 Å². The molecule has 2 aliphatic rings. The number of amides is 2. The first-order valence-corrected chi connectivity index (χ1v) is 17.8. The first-order chi connectivity index (χ1) is 24.0. The minimum atomic E-state index is -4.65. The number of fused-ring (bicyclic) bond motifs is 1. The van der Waals surface area contributed by atoms with Crippen molar-refractivity contribution >= 4 is 44.8 Å². The van der Waals surface area contributed by atoms with Crippen LogP contribution < -0.4 is 23.4 Å². The highest BCUT2D eigenvalue weighted by Crippen LogP contribution is 2.52. The van der Waals surface area contributed by atoms with E-state index >= 15 is 4.79 Å². The van der Waals surface area contributed by atoms with Crippen molar-refractivity contribution in [3.8, 4) is 17.2 Å². The van der Waals surface area contributed by atoms with Gasteiger partial charge in [0, 0.05) is 66.5 Å². The number of aromatic nitrogens is 1. The second kappa shape index (κ2) is 14.2. The smallest absolute Gasteiger partial charge is 0.282 e. The summed E-state index contributed by atoms with van der Waals surface area (Å²) in [6.07, 6.45) is 3.13. The summed E-state index contributed by atoms with van der Waals surface area (Å²) in [4.78, 5) is 36.5. The van der Waals surface area contributed by atoms with Crippen LogP contribution >= 0.6 is 11.6 Å². The third-order valence-electron chi connectivity index (χ3n) is 8.63. The molecule has 1 fully saturated rings. The Kier molecular flexibility index (Phi) is 9.92. The number of sulfonamides is 1. The molecule has 1 atom stereocenters. The van der Waals surface area contributed by atoms with Crippen LogP contribution in [0.2, 0.25) is 5.02 Å². The fourth-order valence-corrected chi connectivity index (χ4v) is 8.05. The number of piperazine rings is 1. The molecule has 1 saturated heterocycles. The molecule has 0 N–H and O–H groups in total. The monoisotopic (exact) mass is 720 g/mol. The molecule has 14 heteroatoms. The predicted molar refractivity (Wildman–Crippen MR) is 188 cm³/mol. The largest absolute Gasteiger partial charge is 0.497 e. The highest BCUT2D eigenvalue weighted by atomic mass is 35.5. The summed E-state index contributed by atoms with van der Waals surface area (Å²) in [6.45, 7) is 5.11. The van der Waals surface area contributed by atoms with Crippen molar-refractivity contribution in [1.29, 1.82) is 0 Å². The Hall–Kier alpha value is -4.85. The van der Waals surface area contributed by atoms with Gasteiger partial charge in [-0.15, -0.1) is 0 Å². The summed E-state index contributed by atoms with van der Waals surface area (Å²) in [6, 6.07) is 19.1. The van der Waals surface area contributed by atoms with E-state index in [9.17, 15) is 13.2 Å². The predicted octanol–water partition coefficient (Wildman–Crippen LogP) is 4.88. The molecule has 0 saturated carbocycles. The Labute approximate surface area is 296 Å². The Bertz CT molecular complexity index is 2000. The van der Waals surface area contributed by atoms with E-state index in [4.69, 9.17) is 30.5 Å². The van der Waals surface area contributed by atoms with Crippen LogP contribution in [0.25, 0.3) is 0 Å². The number of nitrogens with zero attached hydrogens (tertiary/aromatic N) is 4. The zero-order chi connectivity index (χ0) is 35.6. The van der Waals surface area contributed by atoms with Crippen LogP contribution in [0, 0.1) is 0 Å². The van der Waals surface area contributed by atoms with Crippen molar-refractivity contribution in [2.24, 2.45) is 0 Å². The van der Waals surface area contributed by atoms with Crippen molar-refractivity contribution in [2.75, 3.05) is 56.2 Å². The zero-order valence-corrected chi connectivity index (χ0v) is 29.6. The summed E-state index contributed by atoms with van der Waals surface area (Å²) in [5.74, 6) is -0.728. The van der Waals surface area contributed by atoms with E-state index in [0.29, 0.717) is 36.2 Å². The topological polar surface area (TPSA) is 128 Å². The first-order valence-electron chi connectivity index (χ1n) is 16.0. The Morgan fingerprint density at radius 2 is 1.62 bits per heavy atom. The van der Waals surface area contributed by atoms with Crippen molar-refractivity contribution in [2.45, 2.75) is 30.4 Å². The average molecular weight is 721 g/mol. The number of halogens is 1. The Morgan fingerprint density at radius 3 is 2.30 bits per heavy atom. The molecule has 262 valence electrons. The van der Waals surface area contributed by atoms with Crippen molar-refractivity contribution in [3.05, 3.63) is 101 Å². The maximum atomic E-state index is 15.1. The van der Waals surface area contributed by atoms with Crippen LogP contribution in [0.4, 0.5) is 11.4 Å². The molecule has 2 aliphatic heterocycles. The quantitative estimate of drug-likeness (QED) is 0.212. The van der Waals surface area contributed by atoms with Crippen LogP contribution in [0.1, 0.15) is 25.0 Å². The Balaban J connectivity index is 1.43. The number of carbonyl (C=O) groups excluding carboxylic acids is 2. The van der Waals surface area contributed by atoms with Crippen LogP contribution in [0.3, 0.4) is 0 Å². The highest BCUT2D eigenvalue weighted by molar-refractivity contribution is 7.93. The minimum absolute atomic E-state index is 0.00929. The van der Waals surface area contributed by atoms with E-state index in [2.05, 4.69) is 9.88 Å². The fourth-order valence-electron chi connectivity index (χ4n) is 6.28. The van der Waals surface area contributed by atoms with Crippen LogP contribution in [-0.4, -0.2) is 83.2 Å². The molecule has 12 nitrogen and oxygen atoms in total. The van der Waals surface area contributed by atoms with Crippen molar-refractivity contribution in [1.82, 2.24) is 9.88 Å². The second-order valence-corrected chi connectivity index (χ2v) is 14.2. The standard InChI is InChI=1S/C36H37ClN4O8S/c1-24(2)49-31-8-6-5-7-28(31)36(48-23-34(42)40-19-17-39(18-20-40)26-13-15-38-16-14-26)29-21-25(37)9-11-30(29)41(35(36)43)50(44,45)33-12-10-27(46-3)22-32(33)47-4/h5-16,21-22,24H,17-20,23H2,1-4H3. The molecule has 3 heterocycles. The van der Waals surface area contributed by atoms with Gasteiger partial charge in [0.15, 0.2) is 0 Å². The maximum Gasteiger partial charge on any atom is 0.282 e. The molecule has 50 heavy (non-hydrogen) atoms. The number of carbonyl (C=O) groups is 2. The number of anilines is 2. The number of para-hydroxylation sites is 1. The van der Waals surface area contributed by atoms with Crippen LogP contribution in [-0.2, 0) is 30.0 Å². The zero-order valence-electron chi connectivity index (χ0n) is 28.0. The van der Waals surface area contributed by atoms with Gasteiger partial charge >= 0.3 is 0 Å². The third kappa shape index (κ3) is 6.32. The van der Waals surface area contributed by atoms with Gasteiger partial charge in [-0.05, 0) is 62.4 Å². The lowest BCUT2D eigenvalue weighted by Gasteiger charge is -2.37. The highest BCUT2D eigenvalue weighted by Gasteiger charge is 2.59. The van der Waals surface area contributed by atoms with Gasteiger partial charge in [0.1, 0.15) is 28.8 Å². The first kappa shape index (κ1) is 35.0. The number of methoxy groups -OCH3 is 2. The molecule has 0 spiro atoms. The van der Waals surface area contributed by atoms with E-state index in [-0.39, 0.29) is 50.2 Å². The van der Waals surface area contributed by atoms with Gasteiger partial charge < -0.3 is 28.7 Å². The summed E-state index contributed by atoms with van der Waals surface area (Å²) in [7, 11) is -1.89. The molecule has 3 aromatic carbocycles. The lowest BCUT2D eigenvalue weighted by Crippen LogP contribution is -2.51. The number of hydrogen-bond donors (Lipinski definition) is 0. The number of ether oxygens (including phenoxy) is 4. The second-order valence-electron chi connectivity index (χ2n) is 12.0. The molecule has 0 radical (unpaired) electrons. The van der Waals surface area contributed by atoms with Crippen molar-refractivity contribution < 1.29 is 37.0 Å². The molecule has 1 unspecified atom stereocenters. The normalized spacial score (nSPS) is 17.6. The molecule has 0 aliphatic carbocycles. The molecule has 2 amide bonds. The van der Waals surface area contributed by atoms with E-state index in [1.165, 1.54) is 50.6 Å². The molecular formula is C36H37ClN4O8S. The molecule has 0 bridgehead atoms. The molecule has 4 aromatic rings. The van der Waals surface area contributed by atoms with Gasteiger partial charge in [-0.25, -0.2) is 8.42 Å². The lowest BCUT2D eigenvalue weighted by atomic mass is 9.86. The van der Waals surface area contributed by atoms with Gasteiger partial charge in [-0.3, -0.25) is 14.6 Å². The van der Waals surface area contributed by atoms with Gasteiger partial charge in [0.2, 0.25) is 11.5 Å². The number of rotatable bonds is 11. The van der Waals surface area contributed by atoms with E-state index < -0.39 is 28.1 Å². The van der Waals surface area contributed by atoms with E-state index in [1.807, 2.05) is 26.0 Å². The number of pyridine rings is 1. The summed E-state index contributed by atoms with van der Waals surface area (Å²) >= 11 is 6.53. The summed E-state index contributed by atoms with van der Waals surface area (Å²) in [5.41, 5.74) is -0.774. The molecular weight excluding hydrogens is 684 g/mol. The SMILES string of the molecule is COc1ccc(S(=O)(=O)N2C(=O)C(OCC(=O)N3CCN(c4ccncc4)CC3)(c3ccccc3OC(C)C)c3cc(Cl)ccc32)c(OC)c1. The third-order valence-corrected chi connectivity index (χ3v) is 10.6. The Morgan fingerprint density at radius 1 is 0.900 bits per heavy atom. The summed E-state index contributed by atoms with van der Waals surface area (Å²) in [5, 5.41) is 0.228. The van der Waals surface area contributed by atoms with Gasteiger partial charge in [0.25, 0.3) is 15.9 Å². The van der Waals surface area contributed by atoms with Gasteiger partial charge in [-0.1, -0.05) is 29.8 Å². The molecule has 6 rings (SSSR count). The van der Waals surface area contributed by atoms with Crippen LogP contribution in [0.15, 0.2) is 90.1 Å². The number of benzene rings is 3. The minimum Gasteiger partial charge on any atom is -0.497 e. The van der Waals surface area contributed by atoms with Gasteiger partial charge in [0.05, 0.1) is 26.0 Å². The lowest BCUT2D eigenvalue weighted by molar-refractivity contribution is -0.149. The fraction of sp³-hybridized carbons (Fsp3) is 0.306. The average Bonchev–Trinajstić information content (AvgIpc) is 3.38. The number of hydrogen-bond acceptors (Lipinski definition) is 10. The van der Waals surface area contributed by atoms with E-state index in [0.717, 1.165) is 5.69 Å².